The summed E-state index contributed by atoms with van der Waals surface area (Å²) in [6.45, 7) is 3.99. The van der Waals surface area contributed by atoms with Crippen molar-refractivity contribution in [3.63, 3.8) is 0 Å². The van der Waals surface area contributed by atoms with Gasteiger partial charge >= 0.3 is 0 Å². The van der Waals surface area contributed by atoms with Crippen molar-refractivity contribution >= 4 is 0 Å². The number of nitrogens with one attached hydrogen (secondary N) is 1. The van der Waals surface area contributed by atoms with Crippen LogP contribution in [0.25, 0.3) is 22.6 Å². The Morgan fingerprint density at radius 3 is 2.26 bits per heavy atom. The fraction of sp³-hybridized carbons (Fsp3) is 0.355. The number of unbranched alkanes of at least 4 members (excludes halogenated alkanes) is 5. The molecule has 1 aromatic heterocycles. The van der Waals surface area contributed by atoms with Gasteiger partial charge in [-0.2, -0.15) is 4.98 Å². The monoisotopic (exact) mass is 467 g/mol. The van der Waals surface area contributed by atoms with Crippen LogP contribution >= 0.6 is 0 Å². The van der Waals surface area contributed by atoms with Crippen molar-refractivity contribution in [3.05, 3.63) is 95.8 Å². The fourth-order valence-electron chi connectivity index (χ4n) is 4.31. The van der Waals surface area contributed by atoms with Crippen LogP contribution < -0.4 is 5.32 Å². The van der Waals surface area contributed by atoms with Gasteiger partial charge in [0.05, 0.1) is 0 Å². The van der Waals surface area contributed by atoms with Crippen molar-refractivity contribution in [2.45, 2.75) is 64.8 Å². The van der Waals surface area contributed by atoms with E-state index >= 15 is 0 Å². The van der Waals surface area contributed by atoms with Crippen molar-refractivity contribution in [3.8, 4) is 22.6 Å². The maximum Gasteiger partial charge on any atom is 0.257 e. The van der Waals surface area contributed by atoms with E-state index in [9.17, 15) is 0 Å². The summed E-state index contributed by atoms with van der Waals surface area (Å²) in [4.78, 5) is 4.62. The van der Waals surface area contributed by atoms with Gasteiger partial charge in [0, 0.05) is 18.5 Å². The van der Waals surface area contributed by atoms with Gasteiger partial charge < -0.3 is 9.84 Å². The van der Waals surface area contributed by atoms with Crippen molar-refractivity contribution in [2.75, 3.05) is 6.54 Å². The summed E-state index contributed by atoms with van der Waals surface area (Å²) in [5.41, 5.74) is 6.07. The molecule has 0 saturated heterocycles. The molecule has 0 radical (unpaired) electrons. The van der Waals surface area contributed by atoms with Gasteiger partial charge in [-0.15, -0.1) is 0 Å². The Morgan fingerprint density at radius 2 is 1.43 bits per heavy atom. The van der Waals surface area contributed by atoms with E-state index in [2.05, 4.69) is 95.2 Å². The summed E-state index contributed by atoms with van der Waals surface area (Å²) in [7, 11) is 0. The Balaban J connectivity index is 1.21. The molecule has 0 unspecified atom stereocenters. The summed E-state index contributed by atoms with van der Waals surface area (Å²) in [6.07, 6.45) is 9.50. The Morgan fingerprint density at radius 1 is 0.686 bits per heavy atom. The van der Waals surface area contributed by atoms with Crippen LogP contribution in [0.4, 0.5) is 0 Å². The Hall–Kier alpha value is -3.24. The van der Waals surface area contributed by atoms with Crippen LogP contribution in [0.15, 0.2) is 83.4 Å². The molecule has 0 spiro atoms. The molecular weight excluding hydrogens is 430 g/mol. The van der Waals surface area contributed by atoms with Gasteiger partial charge in [0.25, 0.3) is 5.89 Å². The number of aryl methyl sites for hydroxylation is 1. The van der Waals surface area contributed by atoms with E-state index in [1.807, 2.05) is 6.07 Å². The van der Waals surface area contributed by atoms with Gasteiger partial charge in [-0.05, 0) is 53.8 Å². The first kappa shape index (κ1) is 24.9. The lowest BCUT2D eigenvalue weighted by atomic mass is 10.0. The minimum absolute atomic E-state index is 0.617. The van der Waals surface area contributed by atoms with Gasteiger partial charge in [0.2, 0.25) is 0 Å². The molecule has 0 bridgehead atoms. The van der Waals surface area contributed by atoms with Gasteiger partial charge in [0.1, 0.15) is 0 Å². The second kappa shape index (κ2) is 13.6. The molecular formula is C31H37N3O. The average Bonchev–Trinajstić information content (AvgIpc) is 3.39. The van der Waals surface area contributed by atoms with Crippen LogP contribution in [-0.2, 0) is 19.4 Å². The molecule has 4 aromatic rings. The van der Waals surface area contributed by atoms with Crippen molar-refractivity contribution in [1.29, 1.82) is 0 Å². The number of nitrogens with zero attached hydrogens (tertiary/aromatic N) is 2. The summed E-state index contributed by atoms with van der Waals surface area (Å²) >= 11 is 0. The zero-order valence-electron chi connectivity index (χ0n) is 20.9. The summed E-state index contributed by atoms with van der Waals surface area (Å²) in [5.74, 6) is 1.43. The normalized spacial score (nSPS) is 11.1. The first-order valence-electron chi connectivity index (χ1n) is 13.1. The minimum Gasteiger partial charge on any atom is -0.334 e. The van der Waals surface area contributed by atoms with Crippen LogP contribution in [0.3, 0.4) is 0 Å². The molecule has 4 nitrogen and oxygen atoms in total. The predicted octanol–water partition coefficient (Wildman–Crippen LogP) is 7.64. The molecule has 0 aliphatic carbocycles. The highest BCUT2D eigenvalue weighted by molar-refractivity contribution is 5.63. The van der Waals surface area contributed by atoms with E-state index in [0.717, 1.165) is 43.7 Å². The topological polar surface area (TPSA) is 51.0 Å². The van der Waals surface area contributed by atoms with E-state index in [4.69, 9.17) is 4.52 Å². The van der Waals surface area contributed by atoms with Gasteiger partial charge in [-0.1, -0.05) is 111 Å². The molecule has 0 aliphatic heterocycles. The summed E-state index contributed by atoms with van der Waals surface area (Å²) < 4.78 is 5.54. The lowest BCUT2D eigenvalue weighted by Crippen LogP contribution is -2.16. The van der Waals surface area contributed by atoms with E-state index < -0.39 is 0 Å². The van der Waals surface area contributed by atoms with Gasteiger partial charge in [0.15, 0.2) is 5.82 Å². The minimum atomic E-state index is 0.617. The third-order valence-electron chi connectivity index (χ3n) is 6.38. The van der Waals surface area contributed by atoms with E-state index in [0.29, 0.717) is 5.89 Å². The third kappa shape index (κ3) is 7.90. The van der Waals surface area contributed by atoms with Crippen LogP contribution in [0.2, 0.25) is 0 Å². The van der Waals surface area contributed by atoms with Crippen LogP contribution in [-0.4, -0.2) is 16.7 Å². The number of benzene rings is 3. The maximum atomic E-state index is 5.54. The lowest BCUT2D eigenvalue weighted by Gasteiger charge is -2.07. The van der Waals surface area contributed by atoms with E-state index in [-0.39, 0.29) is 0 Å². The van der Waals surface area contributed by atoms with Crippen LogP contribution in [0.1, 0.15) is 62.4 Å². The highest BCUT2D eigenvalue weighted by Gasteiger charge is 2.09. The predicted molar refractivity (Wildman–Crippen MR) is 144 cm³/mol. The standard InChI is InChI=1S/C31H37N3O/c1-2-3-4-5-6-10-16-30-33-31(35-34-30)29-15-11-12-26(23-29)24-32-22-21-25-17-19-28(20-18-25)27-13-8-7-9-14-27/h7-9,11-15,17-20,23,32H,2-6,10,16,21-22,24H2,1H3. The molecule has 0 atom stereocenters. The van der Waals surface area contributed by atoms with Crippen LogP contribution in [0.5, 0.6) is 0 Å². The van der Waals surface area contributed by atoms with E-state index in [1.54, 1.807) is 0 Å². The summed E-state index contributed by atoms with van der Waals surface area (Å²) in [5, 5.41) is 7.75. The molecule has 4 heteroatoms. The molecule has 1 N–H and O–H groups in total. The fourth-order valence-corrected chi connectivity index (χ4v) is 4.31. The van der Waals surface area contributed by atoms with Crippen LogP contribution in [0, 0.1) is 0 Å². The molecule has 35 heavy (non-hydrogen) atoms. The van der Waals surface area contributed by atoms with Crippen molar-refractivity contribution in [1.82, 2.24) is 15.5 Å². The Kier molecular flexibility index (Phi) is 9.66. The molecule has 182 valence electrons. The Bertz CT molecular complexity index is 1140. The molecule has 3 aromatic carbocycles. The number of rotatable bonds is 14. The largest absolute Gasteiger partial charge is 0.334 e. The lowest BCUT2D eigenvalue weighted by molar-refractivity contribution is 0.421. The SMILES string of the molecule is CCCCCCCCc1noc(-c2cccc(CNCCc3ccc(-c4ccccc4)cc3)c2)n1. The molecule has 0 fully saturated rings. The second-order valence-corrected chi connectivity index (χ2v) is 9.22. The second-order valence-electron chi connectivity index (χ2n) is 9.22. The Labute approximate surface area is 209 Å². The highest BCUT2D eigenvalue weighted by atomic mass is 16.5. The number of hydrogen-bond acceptors (Lipinski definition) is 4. The summed E-state index contributed by atoms with van der Waals surface area (Å²) in [6, 6.07) is 27.8. The average molecular weight is 468 g/mol. The molecule has 1 heterocycles. The van der Waals surface area contributed by atoms with Crippen molar-refractivity contribution < 1.29 is 4.52 Å². The smallest absolute Gasteiger partial charge is 0.257 e. The highest BCUT2D eigenvalue weighted by Crippen LogP contribution is 2.21. The van der Waals surface area contributed by atoms with Crippen molar-refractivity contribution in [2.24, 2.45) is 0 Å². The van der Waals surface area contributed by atoms with Gasteiger partial charge in [-0.25, -0.2) is 0 Å². The molecule has 0 amide bonds. The molecule has 0 saturated carbocycles. The molecule has 4 rings (SSSR count). The first-order valence-corrected chi connectivity index (χ1v) is 13.1. The maximum absolute atomic E-state index is 5.54. The molecule has 0 aliphatic rings. The third-order valence-corrected chi connectivity index (χ3v) is 6.38. The zero-order chi connectivity index (χ0) is 24.1. The quantitative estimate of drug-likeness (QED) is 0.194. The zero-order valence-corrected chi connectivity index (χ0v) is 20.9. The number of aromatic nitrogens is 2. The number of hydrogen-bond donors (Lipinski definition) is 1. The van der Waals surface area contributed by atoms with E-state index in [1.165, 1.54) is 54.4 Å². The first-order chi connectivity index (χ1) is 17.3. The van der Waals surface area contributed by atoms with Gasteiger partial charge in [-0.3, -0.25) is 0 Å².